The lowest BCUT2D eigenvalue weighted by molar-refractivity contribution is 0.291. The smallest absolute Gasteiger partial charge is 0.142 e. The van der Waals surface area contributed by atoms with E-state index in [4.69, 9.17) is 0 Å². The molecule has 0 spiro atoms. The number of hydrogen-bond donors (Lipinski definition) is 2. The largest absolute Gasteiger partial charge is 0.395 e. The summed E-state index contributed by atoms with van der Waals surface area (Å²) < 4.78 is 0. The molecule has 2 N–H and O–H groups in total. The average molecular weight is 288 g/mol. The number of nitrogens with zero attached hydrogens (tertiary/aromatic N) is 3. The summed E-state index contributed by atoms with van der Waals surface area (Å²) in [6, 6.07) is 2.50. The van der Waals surface area contributed by atoms with Crippen molar-refractivity contribution in [3.05, 3.63) is 18.6 Å². The number of fused-ring (bicyclic) bond motifs is 1. The van der Waals surface area contributed by atoms with Crippen LogP contribution in [0.25, 0.3) is 11.0 Å². The minimum atomic E-state index is 0.159. The zero-order chi connectivity index (χ0) is 14.5. The second-order valence-corrected chi connectivity index (χ2v) is 5.85. The third kappa shape index (κ3) is 3.18. The molecule has 0 bridgehead atoms. The molecular weight excluding hydrogens is 264 g/mol. The van der Waals surface area contributed by atoms with Crippen molar-refractivity contribution in [2.75, 3.05) is 18.1 Å². The first-order chi connectivity index (χ1) is 10.4. The fraction of sp³-hybridized carbons (Fsp3) is 0.625. The van der Waals surface area contributed by atoms with Crippen molar-refractivity contribution in [2.45, 2.75) is 51.0 Å². The number of aromatic amines is 1. The van der Waals surface area contributed by atoms with Crippen LogP contribution in [0.2, 0.25) is 0 Å². The van der Waals surface area contributed by atoms with Crippen molar-refractivity contribution < 1.29 is 5.11 Å². The first kappa shape index (κ1) is 14.3. The van der Waals surface area contributed by atoms with Crippen molar-refractivity contribution in [1.82, 2.24) is 15.0 Å². The zero-order valence-electron chi connectivity index (χ0n) is 12.5. The molecule has 5 heteroatoms. The van der Waals surface area contributed by atoms with E-state index in [1.54, 1.807) is 6.33 Å². The predicted molar refractivity (Wildman–Crippen MR) is 84.4 cm³/mol. The highest BCUT2D eigenvalue weighted by Gasteiger charge is 2.22. The van der Waals surface area contributed by atoms with Gasteiger partial charge in [-0.05, 0) is 18.9 Å². The Morgan fingerprint density at radius 1 is 1.14 bits per heavy atom. The summed E-state index contributed by atoms with van der Waals surface area (Å²) in [5.74, 6) is 0.959. The van der Waals surface area contributed by atoms with Crippen LogP contribution >= 0.6 is 0 Å². The van der Waals surface area contributed by atoms with Crippen LogP contribution in [-0.4, -0.2) is 39.3 Å². The first-order valence-corrected chi connectivity index (χ1v) is 8.06. The maximum absolute atomic E-state index is 9.48. The molecule has 5 nitrogen and oxygen atoms in total. The number of aromatic nitrogens is 3. The molecule has 1 fully saturated rings. The lowest BCUT2D eigenvalue weighted by Gasteiger charge is -2.34. The number of nitrogens with one attached hydrogen (secondary N) is 1. The molecule has 0 amide bonds. The zero-order valence-corrected chi connectivity index (χ0v) is 12.5. The van der Waals surface area contributed by atoms with Crippen LogP contribution in [0.15, 0.2) is 18.6 Å². The van der Waals surface area contributed by atoms with E-state index in [2.05, 4.69) is 19.9 Å². The van der Waals surface area contributed by atoms with Gasteiger partial charge in [0.05, 0.1) is 12.0 Å². The number of aliphatic hydroxyl groups is 1. The van der Waals surface area contributed by atoms with Crippen LogP contribution in [0.4, 0.5) is 5.82 Å². The van der Waals surface area contributed by atoms with Gasteiger partial charge in [-0.15, -0.1) is 0 Å². The minimum absolute atomic E-state index is 0.159. The second-order valence-electron chi connectivity index (χ2n) is 5.85. The van der Waals surface area contributed by atoms with Gasteiger partial charge in [0.1, 0.15) is 17.8 Å². The van der Waals surface area contributed by atoms with E-state index >= 15 is 0 Å². The van der Waals surface area contributed by atoms with Gasteiger partial charge in [-0.2, -0.15) is 0 Å². The lowest BCUT2D eigenvalue weighted by atomic mass is 9.95. The average Bonchev–Trinajstić information content (AvgIpc) is 2.93. The van der Waals surface area contributed by atoms with Crippen LogP contribution in [0, 0.1) is 0 Å². The lowest BCUT2D eigenvalue weighted by Crippen LogP contribution is -2.38. The Balaban J connectivity index is 1.90. The van der Waals surface area contributed by atoms with Gasteiger partial charge in [-0.1, -0.05) is 32.1 Å². The number of aliphatic hydroxyl groups excluding tert-OH is 1. The van der Waals surface area contributed by atoms with Crippen LogP contribution in [0.1, 0.15) is 44.9 Å². The van der Waals surface area contributed by atoms with E-state index in [1.165, 1.54) is 44.9 Å². The maximum atomic E-state index is 9.48. The fourth-order valence-electron chi connectivity index (χ4n) is 3.40. The molecular formula is C16H24N4O. The van der Waals surface area contributed by atoms with Crippen molar-refractivity contribution in [2.24, 2.45) is 0 Å². The Bertz CT molecular complexity index is 560. The van der Waals surface area contributed by atoms with E-state index in [0.29, 0.717) is 12.6 Å². The van der Waals surface area contributed by atoms with Crippen molar-refractivity contribution in [1.29, 1.82) is 0 Å². The highest BCUT2D eigenvalue weighted by atomic mass is 16.3. The van der Waals surface area contributed by atoms with Gasteiger partial charge in [0, 0.05) is 18.8 Å². The van der Waals surface area contributed by atoms with Crippen molar-refractivity contribution in [3.8, 4) is 0 Å². The highest BCUT2D eigenvalue weighted by Crippen LogP contribution is 2.28. The molecule has 0 atom stereocenters. The molecule has 114 valence electrons. The summed E-state index contributed by atoms with van der Waals surface area (Å²) in [6.07, 6.45) is 12.5. The van der Waals surface area contributed by atoms with Gasteiger partial charge in [-0.3, -0.25) is 0 Å². The SMILES string of the molecule is OCCN(c1ncnc2[nH]ccc12)C1CCCCCCC1. The summed E-state index contributed by atoms with van der Waals surface area (Å²) in [4.78, 5) is 14.2. The Morgan fingerprint density at radius 2 is 1.90 bits per heavy atom. The van der Waals surface area contributed by atoms with Crippen molar-refractivity contribution in [3.63, 3.8) is 0 Å². The molecule has 0 saturated heterocycles. The number of H-pyrrole nitrogens is 1. The summed E-state index contributed by atoms with van der Waals surface area (Å²) in [7, 11) is 0. The fourth-order valence-corrected chi connectivity index (χ4v) is 3.40. The molecule has 1 aliphatic carbocycles. The second kappa shape index (κ2) is 6.89. The van der Waals surface area contributed by atoms with E-state index in [9.17, 15) is 5.11 Å². The van der Waals surface area contributed by atoms with Crippen LogP contribution in [0.3, 0.4) is 0 Å². The molecule has 0 unspecified atom stereocenters. The Labute approximate surface area is 125 Å². The highest BCUT2D eigenvalue weighted by molar-refractivity contribution is 5.87. The minimum Gasteiger partial charge on any atom is -0.395 e. The van der Waals surface area contributed by atoms with Gasteiger partial charge < -0.3 is 15.0 Å². The van der Waals surface area contributed by atoms with Crippen LogP contribution < -0.4 is 4.90 Å². The summed E-state index contributed by atoms with van der Waals surface area (Å²) >= 11 is 0. The van der Waals surface area contributed by atoms with E-state index in [0.717, 1.165) is 16.9 Å². The van der Waals surface area contributed by atoms with Crippen LogP contribution in [-0.2, 0) is 0 Å². The van der Waals surface area contributed by atoms with E-state index < -0.39 is 0 Å². The molecule has 2 aromatic heterocycles. The van der Waals surface area contributed by atoms with Gasteiger partial charge in [0.2, 0.25) is 0 Å². The third-order valence-corrected chi connectivity index (χ3v) is 4.46. The summed E-state index contributed by atoms with van der Waals surface area (Å²) in [6.45, 7) is 0.800. The Hall–Kier alpha value is -1.62. The predicted octanol–water partition coefficient (Wildman–Crippen LogP) is 2.87. The molecule has 0 aromatic carbocycles. The van der Waals surface area contributed by atoms with Crippen LogP contribution in [0.5, 0.6) is 0 Å². The van der Waals surface area contributed by atoms with Gasteiger partial charge in [0.25, 0.3) is 0 Å². The molecule has 0 radical (unpaired) electrons. The maximum Gasteiger partial charge on any atom is 0.142 e. The molecule has 21 heavy (non-hydrogen) atoms. The van der Waals surface area contributed by atoms with Gasteiger partial charge >= 0.3 is 0 Å². The molecule has 2 aromatic rings. The molecule has 0 aliphatic heterocycles. The van der Waals surface area contributed by atoms with Crippen molar-refractivity contribution >= 4 is 16.9 Å². The Morgan fingerprint density at radius 3 is 2.67 bits per heavy atom. The standard InChI is InChI=1S/C16H24N4O/c21-11-10-20(13-6-4-2-1-3-5-7-13)16-14-8-9-17-15(14)18-12-19-16/h8-9,12-13,21H,1-7,10-11H2,(H,17,18,19). The molecule has 1 saturated carbocycles. The summed E-state index contributed by atoms with van der Waals surface area (Å²) in [5, 5.41) is 10.5. The number of anilines is 1. The normalized spacial score (nSPS) is 17.6. The Kier molecular flexibility index (Phi) is 4.70. The summed E-state index contributed by atoms with van der Waals surface area (Å²) in [5.41, 5.74) is 0.869. The monoisotopic (exact) mass is 288 g/mol. The molecule has 3 rings (SSSR count). The number of hydrogen-bond acceptors (Lipinski definition) is 4. The quantitative estimate of drug-likeness (QED) is 0.908. The van der Waals surface area contributed by atoms with Gasteiger partial charge in [0.15, 0.2) is 0 Å². The third-order valence-electron chi connectivity index (χ3n) is 4.46. The number of rotatable bonds is 4. The topological polar surface area (TPSA) is 65.0 Å². The van der Waals surface area contributed by atoms with E-state index in [-0.39, 0.29) is 6.61 Å². The first-order valence-electron chi connectivity index (χ1n) is 8.06. The molecule has 1 aliphatic rings. The molecule has 2 heterocycles. The van der Waals surface area contributed by atoms with Gasteiger partial charge in [-0.25, -0.2) is 9.97 Å². The van der Waals surface area contributed by atoms with E-state index in [1.807, 2.05) is 12.3 Å².